The number of urea groups is 1. The summed E-state index contributed by atoms with van der Waals surface area (Å²) in [6.07, 6.45) is 0.709. The van der Waals surface area contributed by atoms with Crippen LogP contribution in [0, 0.1) is 0 Å². The first kappa shape index (κ1) is 25.4. The Morgan fingerprint density at radius 2 is 1.86 bits per heavy atom. The number of ketones is 1. The molecule has 4 aromatic rings. The van der Waals surface area contributed by atoms with Crippen LogP contribution in [0.5, 0.6) is 5.75 Å². The van der Waals surface area contributed by atoms with Gasteiger partial charge in [-0.05, 0) is 36.8 Å². The van der Waals surface area contributed by atoms with Gasteiger partial charge in [-0.25, -0.2) is 4.79 Å². The summed E-state index contributed by atoms with van der Waals surface area (Å²) in [6.45, 7) is 1.59. The molecule has 2 aromatic heterocycles. The second-order valence-corrected chi connectivity index (χ2v) is 9.18. The zero-order chi connectivity index (χ0) is 25.7. The summed E-state index contributed by atoms with van der Waals surface area (Å²) in [5.74, 6) is 0.967. The fourth-order valence-electron chi connectivity index (χ4n) is 3.57. The molecule has 11 heteroatoms. The Kier molecular flexibility index (Phi) is 7.99. The molecule has 0 aliphatic rings. The van der Waals surface area contributed by atoms with Crippen molar-refractivity contribution in [3.63, 3.8) is 0 Å². The maximum atomic E-state index is 13.5. The van der Waals surface area contributed by atoms with E-state index in [1.807, 2.05) is 13.0 Å². The van der Waals surface area contributed by atoms with E-state index in [1.54, 1.807) is 60.2 Å². The van der Waals surface area contributed by atoms with Crippen molar-refractivity contribution < 1.29 is 19.4 Å². The lowest BCUT2D eigenvalue weighted by atomic mass is 10.0. The molecule has 0 atom stereocenters. The maximum Gasteiger partial charge on any atom is 0.319 e. The van der Waals surface area contributed by atoms with Crippen molar-refractivity contribution >= 4 is 40.4 Å². The van der Waals surface area contributed by atoms with Crippen molar-refractivity contribution in [3.8, 4) is 10.8 Å². The number of rotatable bonds is 9. The Hall–Kier alpha value is -3.73. The van der Waals surface area contributed by atoms with E-state index >= 15 is 0 Å². The molecule has 3 N–H and O–H groups in total. The number of halogens is 1. The fraction of sp³-hybridized carbons (Fsp3) is 0.200. The van der Waals surface area contributed by atoms with Crippen molar-refractivity contribution in [1.29, 1.82) is 0 Å². The van der Waals surface area contributed by atoms with Crippen LogP contribution in [0.3, 0.4) is 0 Å². The predicted octanol–water partition coefficient (Wildman–Crippen LogP) is 4.60. The van der Waals surface area contributed by atoms with Gasteiger partial charge in [-0.1, -0.05) is 36.7 Å². The molecule has 0 spiro atoms. The molecule has 36 heavy (non-hydrogen) atoms. The number of thiophene rings is 1. The average Bonchev–Trinajstić information content (AvgIpc) is 3.51. The second-order valence-electron chi connectivity index (χ2n) is 7.66. The molecule has 2 heterocycles. The summed E-state index contributed by atoms with van der Waals surface area (Å²) < 4.78 is 6.79. The molecule has 9 nitrogen and oxygen atoms in total. The average molecular weight is 526 g/mol. The van der Waals surface area contributed by atoms with Crippen molar-refractivity contribution in [2.75, 3.05) is 12.4 Å². The molecular formula is C25H24ClN5O4S. The normalized spacial score (nSPS) is 10.8. The second kappa shape index (κ2) is 11.3. The van der Waals surface area contributed by atoms with Gasteiger partial charge in [-0.3, -0.25) is 9.36 Å². The Morgan fingerprint density at radius 3 is 2.58 bits per heavy atom. The molecule has 2 aromatic carbocycles. The number of nitrogens with zero attached hydrogens (tertiary/aromatic N) is 3. The van der Waals surface area contributed by atoms with E-state index in [0.717, 1.165) is 4.88 Å². The van der Waals surface area contributed by atoms with Crippen molar-refractivity contribution in [2.45, 2.75) is 26.5 Å². The Morgan fingerprint density at radius 1 is 1.08 bits per heavy atom. The molecule has 0 radical (unpaired) electrons. The predicted molar refractivity (Wildman–Crippen MR) is 138 cm³/mol. The van der Waals surface area contributed by atoms with Gasteiger partial charge in [0.25, 0.3) is 0 Å². The van der Waals surface area contributed by atoms with Gasteiger partial charge in [0.15, 0.2) is 17.4 Å². The zero-order valence-electron chi connectivity index (χ0n) is 19.6. The van der Waals surface area contributed by atoms with Crippen LogP contribution >= 0.6 is 22.9 Å². The number of methoxy groups -OCH3 is 1. The highest BCUT2D eigenvalue weighted by Crippen LogP contribution is 2.32. The van der Waals surface area contributed by atoms with Gasteiger partial charge in [0, 0.05) is 22.2 Å². The Balaban J connectivity index is 1.63. The number of hydrogen-bond acceptors (Lipinski definition) is 7. The van der Waals surface area contributed by atoms with Crippen LogP contribution in [-0.2, 0) is 19.6 Å². The molecule has 0 aliphatic carbocycles. The number of carbonyl (C=O) groups is 2. The SMILES string of the molecule is CCc1cc(C(=O)c2ccccc2Cl)c(-n2c(CO)nnc2CNC(=O)Nc2cccc(OC)c2)s1. The van der Waals surface area contributed by atoms with Gasteiger partial charge in [0.05, 0.1) is 24.2 Å². The summed E-state index contributed by atoms with van der Waals surface area (Å²) in [5.41, 5.74) is 1.35. The minimum absolute atomic E-state index is 0.00187. The highest BCUT2D eigenvalue weighted by atomic mass is 35.5. The summed E-state index contributed by atoms with van der Waals surface area (Å²) in [5, 5.41) is 24.5. The standard InChI is InChI=1S/C25H24ClN5O4S/c1-3-17-12-19(23(33)18-9-4-5-10-20(18)26)24(36-17)31-21(29-30-22(31)14-32)13-27-25(34)28-15-7-6-8-16(11-15)35-2/h4-12,32H,3,13-14H2,1-2H3,(H2,27,28,34). The van der Waals surface area contributed by atoms with Gasteiger partial charge < -0.3 is 20.5 Å². The van der Waals surface area contributed by atoms with Gasteiger partial charge in [0.2, 0.25) is 0 Å². The third kappa shape index (κ3) is 5.40. The summed E-state index contributed by atoms with van der Waals surface area (Å²) >= 11 is 7.69. The third-order valence-corrected chi connectivity index (χ3v) is 6.95. The quantitative estimate of drug-likeness (QED) is 0.275. The molecule has 2 amide bonds. The molecule has 0 saturated carbocycles. The number of ether oxygens (including phenoxy) is 1. The van der Waals surface area contributed by atoms with Crippen LogP contribution in [0.25, 0.3) is 5.00 Å². The van der Waals surface area contributed by atoms with Crippen LogP contribution in [-0.4, -0.2) is 38.8 Å². The lowest BCUT2D eigenvalue weighted by Crippen LogP contribution is -2.29. The van der Waals surface area contributed by atoms with Crippen molar-refractivity contribution in [3.05, 3.63) is 87.3 Å². The molecule has 4 rings (SSSR count). The number of aryl methyl sites for hydroxylation is 1. The number of hydrogen-bond donors (Lipinski definition) is 3. The smallest absolute Gasteiger partial charge is 0.319 e. The van der Waals surface area contributed by atoms with E-state index in [1.165, 1.54) is 11.3 Å². The molecule has 0 bridgehead atoms. The lowest BCUT2D eigenvalue weighted by molar-refractivity contribution is 0.103. The summed E-state index contributed by atoms with van der Waals surface area (Å²) in [7, 11) is 1.55. The van der Waals surface area contributed by atoms with Crippen LogP contribution in [0.15, 0.2) is 54.6 Å². The van der Waals surface area contributed by atoms with Gasteiger partial charge in [-0.15, -0.1) is 21.5 Å². The maximum absolute atomic E-state index is 13.5. The number of carbonyl (C=O) groups excluding carboxylic acids is 2. The van der Waals surface area contributed by atoms with E-state index in [-0.39, 0.29) is 18.2 Å². The molecular weight excluding hydrogens is 502 g/mol. The molecule has 186 valence electrons. The number of aliphatic hydroxyl groups excluding tert-OH is 1. The number of anilines is 1. The molecule has 0 fully saturated rings. The number of aromatic nitrogens is 3. The monoisotopic (exact) mass is 525 g/mol. The van der Waals surface area contributed by atoms with E-state index in [9.17, 15) is 14.7 Å². The van der Waals surface area contributed by atoms with Crippen LogP contribution in [0.4, 0.5) is 10.5 Å². The summed E-state index contributed by atoms with van der Waals surface area (Å²) in [6, 6.07) is 15.2. The first-order valence-corrected chi connectivity index (χ1v) is 12.3. The van der Waals surface area contributed by atoms with Gasteiger partial charge in [0.1, 0.15) is 17.4 Å². The van der Waals surface area contributed by atoms with Crippen LogP contribution in [0.1, 0.15) is 39.4 Å². The fourth-order valence-corrected chi connectivity index (χ4v) is 4.92. The topological polar surface area (TPSA) is 118 Å². The highest BCUT2D eigenvalue weighted by Gasteiger charge is 2.24. The summed E-state index contributed by atoms with van der Waals surface area (Å²) in [4.78, 5) is 26.9. The van der Waals surface area contributed by atoms with Crippen LogP contribution in [0.2, 0.25) is 5.02 Å². The Labute approximate surface area is 216 Å². The van der Waals surface area contributed by atoms with Gasteiger partial charge in [-0.2, -0.15) is 0 Å². The minimum atomic E-state index is -0.462. The van der Waals surface area contributed by atoms with E-state index in [2.05, 4.69) is 20.8 Å². The lowest BCUT2D eigenvalue weighted by Gasteiger charge is -2.12. The van der Waals surface area contributed by atoms with E-state index in [0.29, 0.717) is 44.8 Å². The van der Waals surface area contributed by atoms with E-state index < -0.39 is 12.6 Å². The van der Waals surface area contributed by atoms with Crippen molar-refractivity contribution in [1.82, 2.24) is 20.1 Å². The number of benzene rings is 2. The molecule has 0 saturated heterocycles. The highest BCUT2D eigenvalue weighted by molar-refractivity contribution is 7.15. The largest absolute Gasteiger partial charge is 0.497 e. The zero-order valence-corrected chi connectivity index (χ0v) is 21.2. The van der Waals surface area contributed by atoms with Crippen molar-refractivity contribution in [2.24, 2.45) is 0 Å². The number of aliphatic hydroxyl groups is 1. The minimum Gasteiger partial charge on any atom is -0.497 e. The first-order chi connectivity index (χ1) is 17.4. The Bertz CT molecular complexity index is 1400. The number of nitrogens with one attached hydrogen (secondary N) is 2. The van der Waals surface area contributed by atoms with Gasteiger partial charge >= 0.3 is 6.03 Å². The number of amides is 2. The molecule has 0 unspecified atom stereocenters. The van der Waals surface area contributed by atoms with Crippen LogP contribution < -0.4 is 15.4 Å². The van der Waals surface area contributed by atoms with E-state index in [4.69, 9.17) is 16.3 Å². The third-order valence-electron chi connectivity index (χ3n) is 5.35. The first-order valence-electron chi connectivity index (χ1n) is 11.1. The molecule has 0 aliphatic heterocycles.